The minimum Gasteiger partial charge on any atom is -0.344 e. The molecule has 1 saturated heterocycles. The van der Waals surface area contributed by atoms with Gasteiger partial charge in [0.25, 0.3) is 0 Å². The molecule has 2 atom stereocenters. The average Bonchev–Trinajstić information content (AvgIpc) is 3.34. The number of aromatic nitrogens is 4. The first-order valence-electron chi connectivity index (χ1n) is 9.80. The lowest BCUT2D eigenvalue weighted by Crippen LogP contribution is -2.37. The van der Waals surface area contributed by atoms with Crippen LogP contribution < -0.4 is 10.6 Å². The van der Waals surface area contributed by atoms with Crippen LogP contribution in [0.25, 0.3) is 11.0 Å². The van der Waals surface area contributed by atoms with Gasteiger partial charge in [-0.3, -0.25) is 14.9 Å². The van der Waals surface area contributed by atoms with Gasteiger partial charge in [-0.1, -0.05) is 12.1 Å². The van der Waals surface area contributed by atoms with Gasteiger partial charge in [0, 0.05) is 19.2 Å². The number of imidazole rings is 1. The monoisotopic (exact) mass is 403 g/mol. The van der Waals surface area contributed by atoms with Crippen molar-refractivity contribution in [3.8, 4) is 6.07 Å². The van der Waals surface area contributed by atoms with E-state index in [1.54, 1.807) is 6.20 Å². The Morgan fingerprint density at radius 1 is 1.40 bits per heavy atom. The van der Waals surface area contributed by atoms with Crippen molar-refractivity contribution < 1.29 is 9.59 Å². The Labute approximate surface area is 173 Å². The zero-order valence-corrected chi connectivity index (χ0v) is 16.7. The lowest BCUT2D eigenvalue weighted by Gasteiger charge is -2.15. The Kier molecular flexibility index (Phi) is 5.14. The number of nitrogens with one attached hydrogen (secondary N) is 2. The Bertz CT molecular complexity index is 1180. The lowest BCUT2D eigenvalue weighted by atomic mass is 10.0. The van der Waals surface area contributed by atoms with Gasteiger partial charge in [-0.2, -0.15) is 5.26 Å². The third-order valence-corrected chi connectivity index (χ3v) is 5.22. The molecule has 30 heavy (non-hydrogen) atoms. The number of benzene rings is 1. The SMILES string of the molecule is CCn1c(C(C#N)c2nc(NC(=O)C3CCC(=O)N3)ncc2C)nc2ccccc21. The maximum absolute atomic E-state index is 12.4. The number of anilines is 1. The van der Waals surface area contributed by atoms with Gasteiger partial charge in [0.1, 0.15) is 17.8 Å². The zero-order valence-electron chi connectivity index (χ0n) is 16.7. The number of nitriles is 1. The van der Waals surface area contributed by atoms with Crippen LogP contribution in [-0.2, 0) is 16.1 Å². The van der Waals surface area contributed by atoms with Crippen LogP contribution in [0, 0.1) is 18.3 Å². The first-order valence-corrected chi connectivity index (χ1v) is 9.80. The van der Waals surface area contributed by atoms with E-state index in [4.69, 9.17) is 0 Å². The van der Waals surface area contributed by atoms with E-state index in [9.17, 15) is 14.9 Å². The van der Waals surface area contributed by atoms with Crippen LogP contribution in [0.15, 0.2) is 30.5 Å². The first-order chi connectivity index (χ1) is 14.5. The normalized spacial score (nSPS) is 16.8. The van der Waals surface area contributed by atoms with Crippen molar-refractivity contribution in [1.82, 2.24) is 24.8 Å². The molecule has 2 unspecified atom stereocenters. The summed E-state index contributed by atoms with van der Waals surface area (Å²) in [6, 6.07) is 9.44. The highest BCUT2D eigenvalue weighted by Gasteiger charge is 2.29. The highest BCUT2D eigenvalue weighted by Crippen LogP contribution is 2.28. The molecule has 0 spiro atoms. The molecule has 1 aliphatic rings. The standard InChI is InChI=1S/C21H21N7O2/c1-3-28-16-7-5-4-6-14(16)25-19(28)13(10-22)18-12(2)11-23-21(26-18)27-20(30)15-8-9-17(29)24-15/h4-7,11,13,15H,3,8-9H2,1-2H3,(H,24,29)(H,23,26,27,30). The molecule has 3 aromatic rings. The fourth-order valence-corrected chi connectivity index (χ4v) is 3.70. The van der Waals surface area contributed by atoms with Gasteiger partial charge in [-0.25, -0.2) is 15.0 Å². The Hall–Kier alpha value is -3.80. The van der Waals surface area contributed by atoms with E-state index in [2.05, 4.69) is 31.7 Å². The summed E-state index contributed by atoms with van der Waals surface area (Å²) in [6.07, 6.45) is 2.33. The zero-order chi connectivity index (χ0) is 21.3. The fraction of sp³-hybridized carbons (Fsp3) is 0.333. The molecule has 2 amide bonds. The fourth-order valence-electron chi connectivity index (χ4n) is 3.70. The molecule has 2 N–H and O–H groups in total. The van der Waals surface area contributed by atoms with Crippen molar-refractivity contribution in [2.24, 2.45) is 0 Å². The maximum Gasteiger partial charge on any atom is 0.249 e. The average molecular weight is 403 g/mol. The third-order valence-electron chi connectivity index (χ3n) is 5.22. The second-order valence-electron chi connectivity index (χ2n) is 7.17. The first kappa shape index (κ1) is 19.5. The molecule has 152 valence electrons. The van der Waals surface area contributed by atoms with Crippen LogP contribution >= 0.6 is 0 Å². The summed E-state index contributed by atoms with van der Waals surface area (Å²) in [5.74, 6) is -0.541. The largest absolute Gasteiger partial charge is 0.344 e. The molecular weight excluding hydrogens is 382 g/mol. The van der Waals surface area contributed by atoms with Crippen LogP contribution in [-0.4, -0.2) is 37.4 Å². The van der Waals surface area contributed by atoms with E-state index in [0.29, 0.717) is 30.9 Å². The third kappa shape index (κ3) is 3.48. The summed E-state index contributed by atoms with van der Waals surface area (Å²) in [7, 11) is 0. The van der Waals surface area contributed by atoms with E-state index >= 15 is 0 Å². The van der Waals surface area contributed by atoms with E-state index in [0.717, 1.165) is 16.6 Å². The number of aryl methyl sites for hydroxylation is 2. The molecule has 3 heterocycles. The number of carbonyl (C=O) groups excluding carboxylic acids is 2. The van der Waals surface area contributed by atoms with Crippen LogP contribution in [0.4, 0.5) is 5.95 Å². The van der Waals surface area contributed by atoms with Gasteiger partial charge in [0.05, 0.1) is 22.8 Å². The topological polar surface area (TPSA) is 126 Å². The molecule has 1 aliphatic heterocycles. The van der Waals surface area contributed by atoms with Gasteiger partial charge in [-0.05, 0) is 38.0 Å². The Balaban J connectivity index is 1.69. The summed E-state index contributed by atoms with van der Waals surface area (Å²) in [5, 5.41) is 15.2. The predicted octanol–water partition coefficient (Wildman–Crippen LogP) is 2.03. The van der Waals surface area contributed by atoms with Crippen molar-refractivity contribution in [3.05, 3.63) is 47.5 Å². The van der Waals surface area contributed by atoms with Crippen molar-refractivity contribution in [1.29, 1.82) is 5.26 Å². The smallest absolute Gasteiger partial charge is 0.249 e. The molecule has 4 rings (SSSR count). The number of nitrogens with zero attached hydrogens (tertiary/aromatic N) is 5. The molecule has 0 saturated carbocycles. The molecule has 0 radical (unpaired) electrons. The summed E-state index contributed by atoms with van der Waals surface area (Å²) in [4.78, 5) is 37.1. The second-order valence-corrected chi connectivity index (χ2v) is 7.17. The molecule has 9 heteroatoms. The number of hydrogen-bond acceptors (Lipinski definition) is 6. The van der Waals surface area contributed by atoms with Crippen LogP contribution in [0.5, 0.6) is 0 Å². The maximum atomic E-state index is 12.4. The number of carbonyl (C=O) groups is 2. The molecule has 0 aliphatic carbocycles. The van der Waals surface area contributed by atoms with Gasteiger partial charge >= 0.3 is 0 Å². The van der Waals surface area contributed by atoms with Gasteiger partial charge < -0.3 is 9.88 Å². The quantitative estimate of drug-likeness (QED) is 0.671. The molecule has 9 nitrogen and oxygen atoms in total. The Morgan fingerprint density at radius 3 is 2.90 bits per heavy atom. The summed E-state index contributed by atoms with van der Waals surface area (Å²) in [6.45, 7) is 4.48. The number of amides is 2. The molecular formula is C21H21N7O2. The van der Waals surface area contributed by atoms with E-state index in [1.807, 2.05) is 42.7 Å². The van der Waals surface area contributed by atoms with Crippen LogP contribution in [0.3, 0.4) is 0 Å². The van der Waals surface area contributed by atoms with Gasteiger partial charge in [-0.15, -0.1) is 0 Å². The molecule has 2 aromatic heterocycles. The Morgan fingerprint density at radius 2 is 2.20 bits per heavy atom. The van der Waals surface area contributed by atoms with Gasteiger partial charge in [0.15, 0.2) is 0 Å². The van der Waals surface area contributed by atoms with E-state index < -0.39 is 12.0 Å². The predicted molar refractivity (Wildman–Crippen MR) is 109 cm³/mol. The number of rotatable bonds is 5. The lowest BCUT2D eigenvalue weighted by molar-refractivity contribution is -0.122. The second kappa shape index (κ2) is 7.91. The number of fused-ring (bicyclic) bond motifs is 1. The van der Waals surface area contributed by atoms with E-state index in [1.165, 1.54) is 0 Å². The minimum atomic E-state index is -0.720. The van der Waals surface area contributed by atoms with Crippen LogP contribution in [0.2, 0.25) is 0 Å². The van der Waals surface area contributed by atoms with Crippen molar-refractivity contribution in [2.75, 3.05) is 5.32 Å². The summed E-state index contributed by atoms with van der Waals surface area (Å²) >= 11 is 0. The molecule has 1 aromatic carbocycles. The summed E-state index contributed by atoms with van der Waals surface area (Å²) < 4.78 is 2.00. The highest BCUT2D eigenvalue weighted by molar-refractivity contribution is 5.98. The number of para-hydroxylation sites is 2. The van der Waals surface area contributed by atoms with Crippen LogP contribution in [0.1, 0.15) is 42.8 Å². The van der Waals surface area contributed by atoms with E-state index in [-0.39, 0.29) is 17.8 Å². The minimum absolute atomic E-state index is 0.0983. The summed E-state index contributed by atoms with van der Waals surface area (Å²) in [5.41, 5.74) is 2.98. The van der Waals surface area contributed by atoms with Gasteiger partial charge in [0.2, 0.25) is 17.8 Å². The van der Waals surface area contributed by atoms with Crippen molar-refractivity contribution in [3.63, 3.8) is 0 Å². The molecule has 0 bridgehead atoms. The highest BCUT2D eigenvalue weighted by atomic mass is 16.2. The number of hydrogen-bond donors (Lipinski definition) is 2. The molecule has 1 fully saturated rings. The van der Waals surface area contributed by atoms with Crippen molar-refractivity contribution >= 4 is 28.8 Å². The van der Waals surface area contributed by atoms with Crippen molar-refractivity contribution in [2.45, 2.75) is 45.2 Å².